The summed E-state index contributed by atoms with van der Waals surface area (Å²) < 4.78 is 53.4. The SMILES string of the molecule is CCCCCCCCOCC(Br)COc1c(Br)cc(S(=O)(=O)c2cc(Br)c(OCC(CBr)OCCCCCCCC)c(Br)c2)cc1Br. The first kappa shape index (κ1) is 44.0. The van der Waals surface area contributed by atoms with Crippen molar-refractivity contribution in [3.05, 3.63) is 42.2 Å². The third kappa shape index (κ3) is 16.3. The monoisotopic (exact) mass is 1060 g/mol. The van der Waals surface area contributed by atoms with Crippen LogP contribution >= 0.6 is 95.6 Å². The Kier molecular flexibility index (Phi) is 23.3. The van der Waals surface area contributed by atoms with Gasteiger partial charge < -0.3 is 18.9 Å². The van der Waals surface area contributed by atoms with Crippen LogP contribution < -0.4 is 9.47 Å². The summed E-state index contributed by atoms with van der Waals surface area (Å²) in [5.41, 5.74) is 0. The highest BCUT2D eigenvalue weighted by atomic mass is 79.9. The molecule has 6 nitrogen and oxygen atoms in total. The zero-order chi connectivity index (χ0) is 34.7. The fourth-order valence-corrected chi connectivity index (χ4v) is 10.2. The highest BCUT2D eigenvalue weighted by Crippen LogP contribution is 2.41. The van der Waals surface area contributed by atoms with Crippen LogP contribution in [-0.4, -0.2) is 57.7 Å². The van der Waals surface area contributed by atoms with E-state index in [2.05, 4.69) is 109 Å². The number of unbranched alkanes of at least 4 members (excludes halogenated alkanes) is 10. The molecular formula is C34H48Br6O6S. The van der Waals surface area contributed by atoms with Crippen molar-refractivity contribution in [1.82, 2.24) is 0 Å². The predicted molar refractivity (Wildman–Crippen MR) is 214 cm³/mol. The summed E-state index contributed by atoms with van der Waals surface area (Å²) in [7, 11) is -3.87. The number of benzene rings is 2. The molecule has 0 amide bonds. The summed E-state index contributed by atoms with van der Waals surface area (Å²) in [4.78, 5) is 0.239. The number of halogens is 6. The summed E-state index contributed by atoms with van der Waals surface area (Å²) in [5, 5.41) is 0.636. The molecule has 0 radical (unpaired) electrons. The molecule has 13 heteroatoms. The minimum atomic E-state index is -3.87. The van der Waals surface area contributed by atoms with Crippen LogP contribution in [0.4, 0.5) is 0 Å². The Bertz CT molecular complexity index is 1250. The predicted octanol–water partition coefficient (Wildman–Crippen LogP) is 12.6. The van der Waals surface area contributed by atoms with Crippen LogP contribution in [0.2, 0.25) is 0 Å². The summed E-state index contributed by atoms with van der Waals surface area (Å²) in [6, 6.07) is 6.23. The van der Waals surface area contributed by atoms with Gasteiger partial charge in [0.25, 0.3) is 0 Å². The van der Waals surface area contributed by atoms with E-state index >= 15 is 0 Å². The second-order valence-electron chi connectivity index (χ2n) is 11.4. The number of rotatable bonds is 26. The van der Waals surface area contributed by atoms with Crippen molar-refractivity contribution >= 4 is 105 Å². The lowest BCUT2D eigenvalue weighted by Gasteiger charge is -2.19. The quantitative estimate of drug-likeness (QED) is 0.0691. The molecule has 0 saturated heterocycles. The van der Waals surface area contributed by atoms with Crippen molar-refractivity contribution in [3.8, 4) is 11.5 Å². The van der Waals surface area contributed by atoms with Crippen LogP contribution in [0.1, 0.15) is 90.9 Å². The van der Waals surface area contributed by atoms with Crippen LogP contribution in [0.25, 0.3) is 0 Å². The van der Waals surface area contributed by atoms with E-state index in [4.69, 9.17) is 18.9 Å². The normalized spacial score (nSPS) is 13.1. The maximum absolute atomic E-state index is 13.7. The van der Waals surface area contributed by atoms with Gasteiger partial charge in [0.1, 0.15) is 30.8 Å². The molecule has 0 aliphatic rings. The molecule has 0 aromatic heterocycles. The first-order valence-electron chi connectivity index (χ1n) is 16.4. The Morgan fingerprint density at radius 2 is 1.04 bits per heavy atom. The van der Waals surface area contributed by atoms with Crippen molar-refractivity contribution in [2.75, 3.05) is 38.4 Å². The van der Waals surface area contributed by atoms with Gasteiger partial charge in [-0.2, -0.15) is 0 Å². The van der Waals surface area contributed by atoms with Crippen molar-refractivity contribution < 1.29 is 27.4 Å². The van der Waals surface area contributed by atoms with Gasteiger partial charge in [-0.15, -0.1) is 0 Å². The highest BCUT2D eigenvalue weighted by Gasteiger charge is 2.24. The largest absolute Gasteiger partial charge is 0.490 e. The van der Waals surface area contributed by atoms with E-state index in [1.165, 1.54) is 57.8 Å². The van der Waals surface area contributed by atoms with Crippen molar-refractivity contribution in [2.45, 2.75) is 112 Å². The van der Waals surface area contributed by atoms with Crippen LogP contribution in [-0.2, 0) is 19.3 Å². The molecule has 2 aromatic carbocycles. The average Bonchev–Trinajstić information content (AvgIpc) is 3.03. The first-order chi connectivity index (χ1) is 22.5. The van der Waals surface area contributed by atoms with Crippen molar-refractivity contribution in [2.24, 2.45) is 0 Å². The molecule has 0 fully saturated rings. The molecule has 0 saturated carbocycles. The van der Waals surface area contributed by atoms with E-state index in [1.807, 2.05) is 0 Å². The molecule has 0 heterocycles. The second-order valence-corrected chi connectivity index (χ2v) is 18.7. The van der Waals surface area contributed by atoms with Gasteiger partial charge in [0, 0.05) is 18.5 Å². The zero-order valence-corrected chi connectivity index (χ0v) is 37.7. The minimum Gasteiger partial charge on any atom is -0.490 e. The van der Waals surface area contributed by atoms with Crippen LogP contribution in [0.3, 0.4) is 0 Å². The number of hydrogen-bond acceptors (Lipinski definition) is 6. The average molecular weight is 1060 g/mol. The topological polar surface area (TPSA) is 71.1 Å². The number of hydrogen-bond donors (Lipinski definition) is 0. The molecule has 268 valence electrons. The Labute approximate surface area is 333 Å². The lowest BCUT2D eigenvalue weighted by Crippen LogP contribution is -2.24. The van der Waals surface area contributed by atoms with Gasteiger partial charge >= 0.3 is 0 Å². The number of sulfone groups is 1. The standard InChI is InChI=1S/C34H48Br6O6S/c1-3-5-7-9-11-13-15-43-22-25(36)23-45-33-29(37)17-27(18-30(33)38)47(41,42)28-19-31(39)34(32(40)20-28)46-24-26(21-35)44-16-14-12-10-8-6-4-2/h17-20,25-26H,3-16,21-24H2,1-2H3. The second kappa shape index (κ2) is 24.9. The summed E-state index contributed by atoms with van der Waals surface area (Å²) in [6.45, 7) is 7.08. The summed E-state index contributed by atoms with van der Waals surface area (Å²) >= 11 is 21.2. The smallest absolute Gasteiger partial charge is 0.206 e. The Balaban J connectivity index is 1.95. The molecule has 2 aromatic rings. The van der Waals surface area contributed by atoms with E-state index in [-0.39, 0.29) is 20.7 Å². The van der Waals surface area contributed by atoms with Crippen LogP contribution in [0, 0.1) is 0 Å². The molecule has 0 N–H and O–H groups in total. The molecule has 2 atom stereocenters. The molecular weight excluding hydrogens is 1020 g/mol. The lowest BCUT2D eigenvalue weighted by molar-refractivity contribution is 0.0335. The minimum absolute atomic E-state index is 0.00285. The summed E-state index contributed by atoms with van der Waals surface area (Å²) in [6.07, 6.45) is 14.5. The van der Waals surface area contributed by atoms with Gasteiger partial charge in [-0.05, 0) is 101 Å². The fraction of sp³-hybridized carbons (Fsp3) is 0.647. The van der Waals surface area contributed by atoms with Gasteiger partial charge in [-0.25, -0.2) is 8.42 Å². The van der Waals surface area contributed by atoms with E-state index in [1.54, 1.807) is 24.3 Å². The molecule has 0 spiro atoms. The van der Waals surface area contributed by atoms with E-state index in [0.29, 0.717) is 61.1 Å². The number of alkyl halides is 2. The maximum Gasteiger partial charge on any atom is 0.206 e. The third-order valence-corrected chi connectivity index (χ3v) is 12.7. The zero-order valence-electron chi connectivity index (χ0n) is 27.3. The molecule has 0 aliphatic carbocycles. The Morgan fingerprint density at radius 3 is 1.51 bits per heavy atom. The van der Waals surface area contributed by atoms with Crippen molar-refractivity contribution in [1.29, 1.82) is 0 Å². The number of ether oxygens (including phenoxy) is 4. The van der Waals surface area contributed by atoms with Gasteiger partial charge in [0.15, 0.2) is 0 Å². The molecule has 47 heavy (non-hydrogen) atoms. The summed E-state index contributed by atoms with van der Waals surface area (Å²) in [5.74, 6) is 1.04. The Hall–Kier alpha value is 0.790. The lowest BCUT2D eigenvalue weighted by atomic mass is 10.1. The van der Waals surface area contributed by atoms with E-state index < -0.39 is 9.84 Å². The van der Waals surface area contributed by atoms with E-state index in [0.717, 1.165) is 25.9 Å². The maximum atomic E-state index is 13.7. The van der Waals surface area contributed by atoms with Gasteiger partial charge in [-0.1, -0.05) is 110 Å². The fourth-order valence-electron chi connectivity index (χ4n) is 4.66. The van der Waals surface area contributed by atoms with Crippen LogP contribution in [0.5, 0.6) is 11.5 Å². The highest BCUT2D eigenvalue weighted by molar-refractivity contribution is 9.11. The molecule has 2 unspecified atom stereocenters. The van der Waals surface area contributed by atoms with Gasteiger partial charge in [-0.3, -0.25) is 0 Å². The van der Waals surface area contributed by atoms with Gasteiger partial charge in [0.2, 0.25) is 9.84 Å². The van der Waals surface area contributed by atoms with E-state index in [9.17, 15) is 8.42 Å². The molecule has 0 aliphatic heterocycles. The molecule has 0 bridgehead atoms. The van der Waals surface area contributed by atoms with Crippen LogP contribution in [0.15, 0.2) is 51.9 Å². The van der Waals surface area contributed by atoms with Crippen molar-refractivity contribution in [3.63, 3.8) is 0 Å². The molecule has 2 rings (SSSR count). The third-order valence-electron chi connectivity index (χ3n) is 7.35. The van der Waals surface area contributed by atoms with Gasteiger partial charge in [0.05, 0.1) is 39.1 Å². The first-order valence-corrected chi connectivity index (χ1v) is 23.1. The Morgan fingerprint density at radius 1 is 0.617 bits per heavy atom.